The topological polar surface area (TPSA) is 44.8 Å². The van der Waals surface area contributed by atoms with Crippen molar-refractivity contribution in [2.24, 2.45) is 0 Å². The van der Waals surface area contributed by atoms with Crippen molar-refractivity contribution < 1.29 is 19.0 Å². The normalized spacial score (nSPS) is 10.2. The maximum atomic E-state index is 11.4. The molecular weight excluding hydrogens is 268 g/mol. The smallest absolute Gasteiger partial charge is 0.337 e. The zero-order valence-corrected chi connectivity index (χ0v) is 12.2. The van der Waals surface area contributed by atoms with Crippen LogP contribution in [0.5, 0.6) is 5.75 Å². The van der Waals surface area contributed by atoms with Crippen LogP contribution < -0.4 is 4.74 Å². The molecule has 2 aromatic carbocycles. The fraction of sp³-hybridized carbons (Fsp3) is 0.235. The maximum absolute atomic E-state index is 11.4. The summed E-state index contributed by atoms with van der Waals surface area (Å²) in [6.45, 7) is 1.03. The lowest BCUT2D eigenvalue weighted by molar-refractivity contribution is 0.0601. The van der Waals surface area contributed by atoms with Gasteiger partial charge in [-0.1, -0.05) is 30.3 Å². The monoisotopic (exact) mass is 286 g/mol. The number of rotatable bonds is 6. The van der Waals surface area contributed by atoms with Gasteiger partial charge in [0.05, 0.1) is 19.3 Å². The number of carbonyl (C=O) groups excluding carboxylic acids is 1. The minimum absolute atomic E-state index is 0.342. The van der Waals surface area contributed by atoms with Crippen LogP contribution in [0, 0.1) is 0 Å². The van der Waals surface area contributed by atoms with Crippen molar-refractivity contribution in [1.82, 2.24) is 0 Å². The van der Waals surface area contributed by atoms with Gasteiger partial charge >= 0.3 is 5.97 Å². The third-order valence-corrected chi connectivity index (χ3v) is 3.05. The van der Waals surface area contributed by atoms with Crippen LogP contribution in [0.15, 0.2) is 48.5 Å². The summed E-state index contributed by atoms with van der Waals surface area (Å²) in [4.78, 5) is 11.4. The van der Waals surface area contributed by atoms with Gasteiger partial charge in [0.1, 0.15) is 12.4 Å². The van der Waals surface area contributed by atoms with E-state index in [1.165, 1.54) is 7.11 Å². The summed E-state index contributed by atoms with van der Waals surface area (Å²) in [5.74, 6) is 0.451. The van der Waals surface area contributed by atoms with Gasteiger partial charge in [-0.05, 0) is 23.8 Å². The Morgan fingerprint density at radius 3 is 2.33 bits per heavy atom. The predicted octanol–water partition coefficient (Wildman–Crippen LogP) is 3.17. The average Bonchev–Trinajstić information content (AvgIpc) is 2.55. The third-order valence-electron chi connectivity index (χ3n) is 3.05. The van der Waals surface area contributed by atoms with Crippen LogP contribution in [0.25, 0.3) is 11.1 Å². The minimum atomic E-state index is -0.342. The quantitative estimate of drug-likeness (QED) is 0.604. The highest BCUT2D eigenvalue weighted by Crippen LogP contribution is 2.30. The van der Waals surface area contributed by atoms with E-state index in [1.54, 1.807) is 19.2 Å². The maximum Gasteiger partial charge on any atom is 0.337 e. The Labute approximate surface area is 124 Å². The van der Waals surface area contributed by atoms with Gasteiger partial charge in [0.15, 0.2) is 0 Å². The van der Waals surface area contributed by atoms with E-state index >= 15 is 0 Å². The molecule has 0 saturated carbocycles. The molecule has 21 heavy (non-hydrogen) atoms. The Bertz CT molecular complexity index is 590. The number of carbonyl (C=O) groups is 1. The lowest BCUT2D eigenvalue weighted by Crippen LogP contribution is -2.05. The molecule has 0 aliphatic rings. The summed E-state index contributed by atoms with van der Waals surface area (Å²) < 4.78 is 15.4. The van der Waals surface area contributed by atoms with Gasteiger partial charge in [-0.3, -0.25) is 0 Å². The molecule has 0 N–H and O–H groups in total. The summed E-state index contributed by atoms with van der Waals surface area (Å²) in [5.41, 5.74) is 2.49. The van der Waals surface area contributed by atoms with Gasteiger partial charge < -0.3 is 14.2 Å². The van der Waals surface area contributed by atoms with E-state index in [0.29, 0.717) is 18.8 Å². The second-order valence-corrected chi connectivity index (χ2v) is 4.41. The predicted molar refractivity (Wildman–Crippen MR) is 80.6 cm³/mol. The number of ether oxygens (including phenoxy) is 3. The van der Waals surface area contributed by atoms with Crippen molar-refractivity contribution in [3.63, 3.8) is 0 Å². The molecule has 4 heteroatoms. The Balaban J connectivity index is 2.23. The molecule has 0 atom stereocenters. The first-order chi connectivity index (χ1) is 10.3. The van der Waals surface area contributed by atoms with Crippen LogP contribution in [0.4, 0.5) is 0 Å². The summed E-state index contributed by atoms with van der Waals surface area (Å²) >= 11 is 0. The molecule has 110 valence electrons. The summed E-state index contributed by atoms with van der Waals surface area (Å²) in [6.07, 6.45) is 0. The lowest BCUT2D eigenvalue weighted by atomic mass is 10.0. The van der Waals surface area contributed by atoms with Crippen LogP contribution in [0.2, 0.25) is 0 Å². The zero-order chi connectivity index (χ0) is 15.1. The minimum Gasteiger partial charge on any atom is -0.491 e. The van der Waals surface area contributed by atoms with E-state index < -0.39 is 0 Å². The summed E-state index contributed by atoms with van der Waals surface area (Å²) in [7, 11) is 3.01. The molecule has 2 aromatic rings. The highest BCUT2D eigenvalue weighted by Gasteiger charge is 2.08. The van der Waals surface area contributed by atoms with Crippen LogP contribution >= 0.6 is 0 Å². The Hall–Kier alpha value is -2.33. The van der Waals surface area contributed by atoms with Gasteiger partial charge in [-0.2, -0.15) is 0 Å². The highest BCUT2D eigenvalue weighted by molar-refractivity contribution is 5.90. The molecule has 0 unspecified atom stereocenters. The Morgan fingerprint density at radius 1 is 0.952 bits per heavy atom. The molecule has 0 aliphatic carbocycles. The third kappa shape index (κ3) is 3.83. The molecule has 2 rings (SSSR count). The van der Waals surface area contributed by atoms with Crippen molar-refractivity contribution in [2.75, 3.05) is 27.4 Å². The van der Waals surface area contributed by atoms with Crippen molar-refractivity contribution in [2.45, 2.75) is 0 Å². The van der Waals surface area contributed by atoms with Gasteiger partial charge in [0.2, 0.25) is 0 Å². The van der Waals surface area contributed by atoms with E-state index in [9.17, 15) is 4.79 Å². The molecule has 0 amide bonds. The molecule has 0 aromatic heterocycles. The number of methoxy groups -OCH3 is 2. The van der Waals surface area contributed by atoms with Crippen molar-refractivity contribution >= 4 is 5.97 Å². The molecule has 0 bridgehead atoms. The van der Waals surface area contributed by atoms with Crippen LogP contribution in [-0.2, 0) is 9.47 Å². The van der Waals surface area contributed by atoms with Gasteiger partial charge in [0.25, 0.3) is 0 Å². The molecular formula is C17H18O4. The summed E-state index contributed by atoms with van der Waals surface area (Å²) in [5, 5.41) is 0. The second-order valence-electron chi connectivity index (χ2n) is 4.41. The van der Waals surface area contributed by atoms with E-state index in [0.717, 1.165) is 16.9 Å². The lowest BCUT2D eigenvalue weighted by Gasteiger charge is -2.11. The molecule has 0 radical (unpaired) electrons. The van der Waals surface area contributed by atoms with E-state index in [-0.39, 0.29) is 5.97 Å². The number of para-hydroxylation sites is 1. The highest BCUT2D eigenvalue weighted by atomic mass is 16.5. The number of hydrogen-bond acceptors (Lipinski definition) is 4. The summed E-state index contributed by atoms with van der Waals surface area (Å²) in [6, 6.07) is 15.0. The molecule has 0 heterocycles. The van der Waals surface area contributed by atoms with E-state index in [1.807, 2.05) is 36.4 Å². The first-order valence-electron chi connectivity index (χ1n) is 6.65. The number of benzene rings is 2. The zero-order valence-electron chi connectivity index (χ0n) is 12.2. The molecule has 0 saturated heterocycles. The van der Waals surface area contributed by atoms with Crippen molar-refractivity contribution in [3.8, 4) is 16.9 Å². The van der Waals surface area contributed by atoms with Crippen LogP contribution in [0.3, 0.4) is 0 Å². The molecule has 4 nitrogen and oxygen atoms in total. The molecule has 0 aliphatic heterocycles. The van der Waals surface area contributed by atoms with Gasteiger partial charge in [-0.15, -0.1) is 0 Å². The van der Waals surface area contributed by atoms with Crippen LogP contribution in [0.1, 0.15) is 10.4 Å². The molecule has 0 fully saturated rings. The Kier molecular flexibility index (Phi) is 5.35. The fourth-order valence-electron chi connectivity index (χ4n) is 1.97. The van der Waals surface area contributed by atoms with Crippen molar-refractivity contribution in [3.05, 3.63) is 54.1 Å². The van der Waals surface area contributed by atoms with Crippen molar-refractivity contribution in [1.29, 1.82) is 0 Å². The van der Waals surface area contributed by atoms with Gasteiger partial charge in [-0.25, -0.2) is 4.79 Å². The number of hydrogen-bond donors (Lipinski definition) is 0. The largest absolute Gasteiger partial charge is 0.491 e. The number of esters is 1. The Morgan fingerprint density at radius 2 is 1.67 bits per heavy atom. The van der Waals surface area contributed by atoms with E-state index in [2.05, 4.69) is 0 Å². The first kappa shape index (κ1) is 15.1. The van der Waals surface area contributed by atoms with Crippen LogP contribution in [-0.4, -0.2) is 33.4 Å². The second kappa shape index (κ2) is 7.45. The standard InChI is InChI=1S/C17H18O4/c1-19-11-12-21-16-6-4-3-5-15(16)13-7-9-14(10-8-13)17(18)20-2/h3-10H,11-12H2,1-2H3. The first-order valence-corrected chi connectivity index (χ1v) is 6.65. The fourth-order valence-corrected chi connectivity index (χ4v) is 1.97. The SMILES string of the molecule is COCCOc1ccccc1-c1ccc(C(=O)OC)cc1. The van der Waals surface area contributed by atoms with Gasteiger partial charge in [0, 0.05) is 12.7 Å². The molecule has 0 spiro atoms. The average molecular weight is 286 g/mol. The van der Waals surface area contributed by atoms with E-state index in [4.69, 9.17) is 14.2 Å².